The van der Waals surface area contributed by atoms with Gasteiger partial charge in [0.05, 0.1) is 12.2 Å². The first-order valence-electron chi connectivity index (χ1n) is 9.30. The molecular weight excluding hydrogens is 396 g/mol. The van der Waals surface area contributed by atoms with E-state index >= 15 is 0 Å². The highest BCUT2D eigenvalue weighted by Crippen LogP contribution is 2.25. The number of thioether (sulfide) groups is 1. The van der Waals surface area contributed by atoms with Gasteiger partial charge in [-0.15, -0.1) is 11.8 Å². The number of anilines is 1. The molecule has 1 N–H and O–H groups in total. The Balaban J connectivity index is 1.71. The molecule has 7 nitrogen and oxygen atoms in total. The number of benzene rings is 1. The zero-order chi connectivity index (χ0) is 20.3. The van der Waals surface area contributed by atoms with Gasteiger partial charge in [-0.1, -0.05) is 6.07 Å². The van der Waals surface area contributed by atoms with Crippen LogP contribution in [0.5, 0.6) is 0 Å². The summed E-state index contributed by atoms with van der Waals surface area (Å²) in [4.78, 5) is 17.8. The van der Waals surface area contributed by atoms with Crippen molar-refractivity contribution in [2.45, 2.75) is 42.7 Å². The number of piperidine rings is 1. The minimum atomic E-state index is -3.71. The van der Waals surface area contributed by atoms with E-state index in [1.54, 1.807) is 22.5 Å². The Hall–Kier alpha value is -1.84. The summed E-state index contributed by atoms with van der Waals surface area (Å²) in [6, 6.07) is 7.76. The van der Waals surface area contributed by atoms with Crippen molar-refractivity contribution in [3.63, 3.8) is 0 Å². The van der Waals surface area contributed by atoms with E-state index in [1.165, 1.54) is 10.6 Å². The third-order valence-electron chi connectivity index (χ3n) is 4.87. The Labute approximate surface area is 170 Å². The van der Waals surface area contributed by atoms with Crippen LogP contribution in [-0.2, 0) is 14.8 Å². The van der Waals surface area contributed by atoms with Crippen LogP contribution in [0.4, 0.5) is 5.69 Å². The van der Waals surface area contributed by atoms with Crippen molar-refractivity contribution in [2.75, 3.05) is 24.7 Å². The van der Waals surface area contributed by atoms with Crippen molar-refractivity contribution in [1.29, 1.82) is 0 Å². The minimum Gasteiger partial charge on any atom is -0.334 e. The molecule has 1 aromatic carbocycles. The molecule has 0 spiro atoms. The highest BCUT2D eigenvalue weighted by atomic mass is 32.2. The first-order chi connectivity index (χ1) is 13.3. The van der Waals surface area contributed by atoms with E-state index in [0.717, 1.165) is 10.6 Å². The molecule has 3 rings (SSSR count). The summed E-state index contributed by atoms with van der Waals surface area (Å²) in [5.41, 5.74) is 0.729. The standard InChI is InChI=1S/C19H26N4O3S2/c1-14(2)22-12-18(20-13-22)28(25,26)23-9-5-6-15(11-23)19(24)21-16-7-4-8-17(10-16)27-3/h4,7-8,10,12-15H,5-6,9,11H2,1-3H3,(H,21,24)/t15-/m1/s1. The molecule has 1 aromatic heterocycles. The Bertz CT molecular complexity index is 940. The molecule has 1 aliphatic heterocycles. The van der Waals surface area contributed by atoms with E-state index in [-0.39, 0.29) is 29.4 Å². The van der Waals surface area contributed by atoms with Gasteiger partial charge in [0.15, 0.2) is 5.03 Å². The summed E-state index contributed by atoms with van der Waals surface area (Å²) in [5.74, 6) is -0.528. The number of rotatable bonds is 6. The normalized spacial score (nSPS) is 18.4. The fraction of sp³-hybridized carbons (Fsp3) is 0.474. The van der Waals surface area contributed by atoms with E-state index in [4.69, 9.17) is 0 Å². The van der Waals surface area contributed by atoms with Crippen molar-refractivity contribution < 1.29 is 13.2 Å². The third-order valence-corrected chi connectivity index (χ3v) is 7.35. The van der Waals surface area contributed by atoms with E-state index in [9.17, 15) is 13.2 Å². The van der Waals surface area contributed by atoms with Crippen LogP contribution < -0.4 is 5.32 Å². The van der Waals surface area contributed by atoms with Gasteiger partial charge in [-0.3, -0.25) is 4.79 Å². The second-order valence-electron chi connectivity index (χ2n) is 7.18. The smallest absolute Gasteiger partial charge is 0.262 e. The molecule has 0 aliphatic carbocycles. The van der Waals surface area contributed by atoms with Gasteiger partial charge in [0.25, 0.3) is 10.0 Å². The Morgan fingerprint density at radius 2 is 2.14 bits per heavy atom. The number of hydrogen-bond acceptors (Lipinski definition) is 5. The maximum atomic E-state index is 12.9. The molecule has 1 aliphatic rings. The van der Waals surface area contributed by atoms with Crippen LogP contribution in [-0.4, -0.2) is 47.5 Å². The molecule has 1 amide bonds. The highest BCUT2D eigenvalue weighted by Gasteiger charge is 2.34. The van der Waals surface area contributed by atoms with Gasteiger partial charge >= 0.3 is 0 Å². The highest BCUT2D eigenvalue weighted by molar-refractivity contribution is 7.98. The summed E-state index contributed by atoms with van der Waals surface area (Å²) < 4.78 is 29.0. The number of hydrogen-bond donors (Lipinski definition) is 1. The van der Waals surface area contributed by atoms with Gasteiger partial charge < -0.3 is 9.88 Å². The number of aromatic nitrogens is 2. The van der Waals surface area contributed by atoms with E-state index in [0.29, 0.717) is 19.4 Å². The van der Waals surface area contributed by atoms with Gasteiger partial charge in [-0.05, 0) is 51.1 Å². The number of amides is 1. The molecule has 0 bridgehead atoms. The summed E-state index contributed by atoms with van der Waals surface area (Å²) in [7, 11) is -3.71. The van der Waals surface area contributed by atoms with Crippen LogP contribution >= 0.6 is 11.8 Å². The summed E-state index contributed by atoms with van der Waals surface area (Å²) in [5, 5.41) is 2.96. The minimum absolute atomic E-state index is 0.0370. The lowest BCUT2D eigenvalue weighted by Gasteiger charge is -2.30. The predicted molar refractivity (Wildman–Crippen MR) is 111 cm³/mol. The van der Waals surface area contributed by atoms with E-state index in [2.05, 4.69) is 10.3 Å². The predicted octanol–water partition coefficient (Wildman–Crippen LogP) is 3.23. The Morgan fingerprint density at radius 1 is 1.36 bits per heavy atom. The largest absolute Gasteiger partial charge is 0.334 e. The molecule has 1 atom stereocenters. The molecule has 2 heterocycles. The molecule has 1 saturated heterocycles. The third kappa shape index (κ3) is 4.59. The zero-order valence-electron chi connectivity index (χ0n) is 16.3. The van der Waals surface area contributed by atoms with Crippen molar-refractivity contribution in [3.8, 4) is 0 Å². The summed E-state index contributed by atoms with van der Waals surface area (Å²) >= 11 is 1.60. The second kappa shape index (κ2) is 8.67. The van der Waals surface area contributed by atoms with Gasteiger partial charge in [0.2, 0.25) is 5.91 Å². The molecule has 0 radical (unpaired) electrons. The Morgan fingerprint density at radius 3 is 2.82 bits per heavy atom. The fourth-order valence-corrected chi connectivity index (χ4v) is 5.09. The topological polar surface area (TPSA) is 84.3 Å². The van der Waals surface area contributed by atoms with Gasteiger partial charge in [-0.2, -0.15) is 4.31 Å². The lowest BCUT2D eigenvalue weighted by molar-refractivity contribution is -0.120. The Kier molecular flexibility index (Phi) is 6.47. The average Bonchev–Trinajstić information content (AvgIpc) is 3.20. The van der Waals surface area contributed by atoms with Crippen LogP contribution in [0.25, 0.3) is 0 Å². The maximum Gasteiger partial charge on any atom is 0.262 e. The number of sulfonamides is 1. The quantitative estimate of drug-likeness (QED) is 0.723. The van der Waals surface area contributed by atoms with Crippen LogP contribution in [0.2, 0.25) is 0 Å². The van der Waals surface area contributed by atoms with Crippen LogP contribution in [0.3, 0.4) is 0 Å². The molecular formula is C19H26N4O3S2. The average molecular weight is 423 g/mol. The maximum absolute atomic E-state index is 12.9. The summed E-state index contributed by atoms with van der Waals surface area (Å²) in [6.07, 6.45) is 6.38. The van der Waals surface area contributed by atoms with Crippen LogP contribution in [0, 0.1) is 5.92 Å². The summed E-state index contributed by atoms with van der Waals surface area (Å²) in [6.45, 7) is 4.50. The fourth-order valence-electron chi connectivity index (χ4n) is 3.19. The number of nitrogens with one attached hydrogen (secondary N) is 1. The van der Waals surface area contributed by atoms with Crippen molar-refractivity contribution >= 4 is 33.4 Å². The lowest BCUT2D eigenvalue weighted by atomic mass is 9.99. The number of carbonyl (C=O) groups is 1. The van der Waals surface area contributed by atoms with Crippen LogP contribution in [0.15, 0.2) is 46.7 Å². The first-order valence-corrected chi connectivity index (χ1v) is 12.0. The van der Waals surface area contributed by atoms with Crippen molar-refractivity contribution in [1.82, 2.24) is 13.9 Å². The SMILES string of the molecule is CSc1cccc(NC(=O)[C@@H]2CCCN(S(=O)(=O)c3cn(C(C)C)cn3)C2)c1. The van der Waals surface area contributed by atoms with Crippen LogP contribution in [0.1, 0.15) is 32.7 Å². The number of carbonyl (C=O) groups excluding carboxylic acids is 1. The van der Waals surface area contributed by atoms with E-state index in [1.807, 2.05) is 44.4 Å². The molecule has 9 heteroatoms. The van der Waals surface area contributed by atoms with Gasteiger partial charge in [-0.25, -0.2) is 13.4 Å². The number of nitrogens with zero attached hydrogens (tertiary/aromatic N) is 3. The lowest BCUT2D eigenvalue weighted by Crippen LogP contribution is -2.43. The molecule has 1 fully saturated rings. The second-order valence-corrected chi connectivity index (χ2v) is 9.94. The molecule has 0 saturated carbocycles. The van der Waals surface area contributed by atoms with E-state index < -0.39 is 10.0 Å². The van der Waals surface area contributed by atoms with Crippen molar-refractivity contribution in [2.24, 2.45) is 5.92 Å². The molecule has 0 unspecified atom stereocenters. The van der Waals surface area contributed by atoms with Crippen molar-refractivity contribution in [3.05, 3.63) is 36.8 Å². The van der Waals surface area contributed by atoms with Gasteiger partial charge in [0, 0.05) is 35.9 Å². The molecule has 152 valence electrons. The monoisotopic (exact) mass is 422 g/mol. The molecule has 28 heavy (non-hydrogen) atoms. The van der Waals surface area contributed by atoms with Gasteiger partial charge in [0.1, 0.15) is 0 Å². The molecule has 2 aromatic rings. The number of imidazole rings is 1. The zero-order valence-corrected chi connectivity index (χ0v) is 18.0. The first kappa shape index (κ1) is 20.9.